The van der Waals surface area contributed by atoms with Crippen LogP contribution in [0.1, 0.15) is 0 Å². The average Bonchev–Trinajstić information content (AvgIpc) is 3.30. The summed E-state index contributed by atoms with van der Waals surface area (Å²) >= 11 is 0. The first-order chi connectivity index (χ1) is 15.3. The van der Waals surface area contributed by atoms with Crippen LogP contribution < -0.4 is 15.5 Å². The molecule has 0 spiro atoms. The molecule has 2 aliphatic rings. The van der Waals surface area contributed by atoms with E-state index in [-0.39, 0.29) is 0 Å². The maximum absolute atomic E-state index is 5.43. The molecular weight excluding hydrogens is 396 g/mol. The normalized spacial score (nSPS) is 17.7. The summed E-state index contributed by atoms with van der Waals surface area (Å²) in [6.45, 7) is 8.67. The van der Waals surface area contributed by atoms with Crippen molar-refractivity contribution in [3.8, 4) is 0 Å². The molecule has 3 N–H and O–H groups in total. The Bertz CT molecular complexity index is 981. The van der Waals surface area contributed by atoms with Gasteiger partial charge in [-0.3, -0.25) is 4.90 Å². The smallest absolute Gasteiger partial charge is 0.231 e. The first-order valence-electron chi connectivity index (χ1n) is 10.8. The fourth-order valence-corrected chi connectivity index (χ4v) is 3.88. The number of fused-ring (bicyclic) bond motifs is 1. The molecule has 31 heavy (non-hydrogen) atoms. The molecule has 0 atom stereocenters. The van der Waals surface area contributed by atoms with Gasteiger partial charge in [-0.05, 0) is 24.3 Å². The van der Waals surface area contributed by atoms with Crippen molar-refractivity contribution in [2.24, 2.45) is 0 Å². The molecule has 0 bridgehead atoms. The molecule has 4 heterocycles. The third-order valence-electron chi connectivity index (χ3n) is 5.61. The van der Waals surface area contributed by atoms with Gasteiger partial charge in [-0.2, -0.15) is 9.97 Å². The van der Waals surface area contributed by atoms with Gasteiger partial charge >= 0.3 is 0 Å². The minimum absolute atomic E-state index is 0.521. The van der Waals surface area contributed by atoms with Gasteiger partial charge in [0, 0.05) is 50.6 Å². The van der Waals surface area contributed by atoms with E-state index in [2.05, 4.69) is 64.6 Å². The maximum atomic E-state index is 5.43. The Kier molecular flexibility index (Phi) is 6.10. The largest absolute Gasteiger partial charge is 0.379 e. The Morgan fingerprint density at radius 1 is 0.935 bits per heavy atom. The first-order valence-corrected chi connectivity index (χ1v) is 10.8. The molecule has 0 unspecified atom stereocenters. The number of nitrogens with zero attached hydrogens (tertiary/aromatic N) is 5. The summed E-state index contributed by atoms with van der Waals surface area (Å²) in [6, 6.07) is 8.33. The van der Waals surface area contributed by atoms with E-state index < -0.39 is 0 Å². The predicted molar refractivity (Wildman–Crippen MR) is 120 cm³/mol. The van der Waals surface area contributed by atoms with Crippen molar-refractivity contribution in [3.63, 3.8) is 0 Å². The van der Waals surface area contributed by atoms with Crippen molar-refractivity contribution >= 4 is 34.3 Å². The number of imidazole rings is 1. The number of hydrogen-bond acceptors (Lipinski definition) is 9. The Morgan fingerprint density at radius 3 is 2.45 bits per heavy atom. The Morgan fingerprint density at radius 2 is 1.68 bits per heavy atom. The first kappa shape index (κ1) is 20.0. The van der Waals surface area contributed by atoms with E-state index in [1.807, 2.05) is 0 Å². The molecule has 10 heteroatoms. The number of ether oxygens (including phenoxy) is 2. The number of H-pyrrole nitrogens is 1. The van der Waals surface area contributed by atoms with Gasteiger partial charge in [0.1, 0.15) is 5.52 Å². The van der Waals surface area contributed by atoms with Crippen LogP contribution in [0.15, 0.2) is 30.6 Å². The Labute approximate surface area is 181 Å². The van der Waals surface area contributed by atoms with Crippen molar-refractivity contribution in [1.29, 1.82) is 0 Å². The fraction of sp³-hybridized carbons (Fsp3) is 0.476. The lowest BCUT2D eigenvalue weighted by Crippen LogP contribution is -2.39. The van der Waals surface area contributed by atoms with Gasteiger partial charge < -0.3 is 30.0 Å². The number of hydrogen-bond donors (Lipinski definition) is 3. The molecule has 0 saturated carbocycles. The summed E-state index contributed by atoms with van der Waals surface area (Å²) in [5.41, 5.74) is 3.58. The second kappa shape index (κ2) is 9.46. The van der Waals surface area contributed by atoms with Crippen molar-refractivity contribution in [3.05, 3.63) is 30.6 Å². The molecular formula is C21H28N8O2. The monoisotopic (exact) mass is 424 g/mol. The van der Waals surface area contributed by atoms with Crippen LogP contribution in [0.2, 0.25) is 0 Å². The van der Waals surface area contributed by atoms with Gasteiger partial charge in [0.25, 0.3) is 0 Å². The summed E-state index contributed by atoms with van der Waals surface area (Å²) in [5, 5.41) is 6.75. The number of morpholine rings is 2. The fourth-order valence-electron chi connectivity index (χ4n) is 3.88. The van der Waals surface area contributed by atoms with Gasteiger partial charge in [-0.25, -0.2) is 4.98 Å². The third kappa shape index (κ3) is 4.87. The molecule has 1 aromatic carbocycles. The minimum atomic E-state index is 0.521. The number of aromatic nitrogens is 4. The summed E-state index contributed by atoms with van der Waals surface area (Å²) in [4.78, 5) is 21.4. The number of aromatic amines is 1. The third-order valence-corrected chi connectivity index (χ3v) is 5.61. The second-order valence-corrected chi connectivity index (χ2v) is 7.65. The van der Waals surface area contributed by atoms with E-state index in [1.165, 1.54) is 5.69 Å². The van der Waals surface area contributed by atoms with E-state index in [9.17, 15) is 0 Å². The minimum Gasteiger partial charge on any atom is -0.379 e. The topological polar surface area (TPSA) is 103 Å². The van der Waals surface area contributed by atoms with Crippen LogP contribution in [0.25, 0.3) is 11.2 Å². The van der Waals surface area contributed by atoms with Crippen molar-refractivity contribution in [1.82, 2.24) is 24.8 Å². The van der Waals surface area contributed by atoms with Crippen LogP contribution in [-0.2, 0) is 9.47 Å². The molecule has 2 aromatic heterocycles. The zero-order valence-electron chi connectivity index (χ0n) is 17.5. The van der Waals surface area contributed by atoms with Crippen LogP contribution >= 0.6 is 0 Å². The van der Waals surface area contributed by atoms with Crippen LogP contribution in [-0.4, -0.2) is 90.5 Å². The lowest BCUT2D eigenvalue weighted by atomic mass is 10.2. The highest BCUT2D eigenvalue weighted by Crippen LogP contribution is 2.23. The maximum Gasteiger partial charge on any atom is 0.231 e. The zero-order chi connectivity index (χ0) is 20.9. The lowest BCUT2D eigenvalue weighted by molar-refractivity contribution is 0.0398. The SMILES string of the molecule is c1nc2nc(Nc3ccc(N4CCOCC4)cc3)nc(NCCN3CCOCC3)c2[nH]1. The molecule has 3 aromatic rings. The molecule has 2 fully saturated rings. The van der Waals surface area contributed by atoms with E-state index in [1.54, 1.807) is 6.33 Å². The molecule has 0 aliphatic carbocycles. The summed E-state index contributed by atoms with van der Waals surface area (Å²) < 4.78 is 10.8. The number of rotatable bonds is 7. The molecule has 10 nitrogen and oxygen atoms in total. The quantitative estimate of drug-likeness (QED) is 0.523. The van der Waals surface area contributed by atoms with Gasteiger partial charge in [0.2, 0.25) is 5.95 Å². The summed E-state index contributed by atoms with van der Waals surface area (Å²) in [5.74, 6) is 1.27. The van der Waals surface area contributed by atoms with Crippen LogP contribution in [0.4, 0.5) is 23.1 Å². The Hall–Kier alpha value is -2.95. The highest BCUT2D eigenvalue weighted by Gasteiger charge is 2.14. The van der Waals surface area contributed by atoms with Crippen molar-refractivity contribution in [2.75, 3.05) is 81.2 Å². The van der Waals surface area contributed by atoms with Gasteiger partial charge in [0.05, 0.1) is 32.8 Å². The molecule has 0 amide bonds. The Balaban J connectivity index is 1.26. The second-order valence-electron chi connectivity index (χ2n) is 7.65. The highest BCUT2D eigenvalue weighted by atomic mass is 16.5. The van der Waals surface area contributed by atoms with Crippen LogP contribution in [0, 0.1) is 0 Å². The highest BCUT2D eigenvalue weighted by molar-refractivity contribution is 5.84. The van der Waals surface area contributed by atoms with Gasteiger partial charge in [0.15, 0.2) is 11.5 Å². The molecule has 164 valence electrons. The lowest BCUT2D eigenvalue weighted by Gasteiger charge is -2.28. The van der Waals surface area contributed by atoms with E-state index in [4.69, 9.17) is 9.47 Å². The number of nitrogens with one attached hydrogen (secondary N) is 3. The molecule has 0 radical (unpaired) electrons. The molecule has 2 aliphatic heterocycles. The molecule has 5 rings (SSSR count). The van der Waals surface area contributed by atoms with Gasteiger partial charge in [-0.1, -0.05) is 0 Å². The van der Waals surface area contributed by atoms with Crippen LogP contribution in [0.3, 0.4) is 0 Å². The standard InChI is InChI=1S/C21H28N8O2/c1-3-17(29-9-13-31-14-10-29)4-2-16(1)25-21-26-19(18-20(27-21)24-15-23-18)22-5-6-28-7-11-30-12-8-28/h1-4,15H,5-14H2,(H3,22,23,24,25,26,27). The van der Waals surface area contributed by atoms with E-state index in [0.29, 0.717) is 11.6 Å². The van der Waals surface area contributed by atoms with Crippen LogP contribution in [0.5, 0.6) is 0 Å². The molecule has 2 saturated heterocycles. The van der Waals surface area contributed by atoms with Crippen molar-refractivity contribution in [2.45, 2.75) is 0 Å². The predicted octanol–water partition coefficient (Wildman–Crippen LogP) is 1.68. The van der Waals surface area contributed by atoms with E-state index in [0.717, 1.165) is 82.7 Å². The van der Waals surface area contributed by atoms with E-state index >= 15 is 0 Å². The number of benzene rings is 1. The number of anilines is 4. The summed E-state index contributed by atoms with van der Waals surface area (Å²) in [7, 11) is 0. The van der Waals surface area contributed by atoms with Crippen molar-refractivity contribution < 1.29 is 9.47 Å². The summed E-state index contributed by atoms with van der Waals surface area (Å²) in [6.07, 6.45) is 1.65. The van der Waals surface area contributed by atoms with Gasteiger partial charge in [-0.15, -0.1) is 0 Å². The average molecular weight is 425 g/mol. The zero-order valence-corrected chi connectivity index (χ0v) is 17.5.